The zero-order chi connectivity index (χ0) is 14.8. The molecule has 0 fully saturated rings. The molecule has 0 heterocycles. The van der Waals surface area contributed by atoms with Crippen LogP contribution in [-0.4, -0.2) is 15.5 Å². The van der Waals surface area contributed by atoms with Gasteiger partial charge in [0.1, 0.15) is 11.8 Å². The number of methoxy groups -OCH3 is 1. The fourth-order valence-electron chi connectivity index (χ4n) is 1.90. The van der Waals surface area contributed by atoms with Crippen molar-refractivity contribution in [3.05, 3.63) is 53.6 Å². The van der Waals surface area contributed by atoms with Crippen molar-refractivity contribution in [3.8, 4) is 11.8 Å². The van der Waals surface area contributed by atoms with Crippen molar-refractivity contribution < 1.29 is 13.2 Å². The number of hydrogen-bond donors (Lipinski definition) is 0. The van der Waals surface area contributed by atoms with Crippen molar-refractivity contribution in [1.82, 2.24) is 0 Å². The lowest BCUT2D eigenvalue weighted by molar-refractivity contribution is 0.413. The van der Waals surface area contributed by atoms with Crippen LogP contribution in [0.4, 0.5) is 0 Å². The third kappa shape index (κ3) is 2.38. The Morgan fingerprint density at radius 2 is 1.85 bits per heavy atom. The minimum atomic E-state index is -3.74. The molecule has 2 aromatic rings. The van der Waals surface area contributed by atoms with Gasteiger partial charge in [0.15, 0.2) is 0 Å². The Hall–Kier alpha value is -2.32. The number of nitrogens with zero attached hydrogens (tertiary/aromatic N) is 1. The lowest BCUT2D eigenvalue weighted by atomic mass is 10.1. The van der Waals surface area contributed by atoms with Crippen molar-refractivity contribution in [2.75, 3.05) is 7.11 Å². The molecule has 0 N–H and O–H groups in total. The first-order valence-corrected chi connectivity index (χ1v) is 7.38. The second-order valence-electron chi connectivity index (χ2n) is 4.24. The van der Waals surface area contributed by atoms with Crippen LogP contribution in [0.1, 0.15) is 11.1 Å². The van der Waals surface area contributed by atoms with Gasteiger partial charge in [0, 0.05) is 0 Å². The van der Waals surface area contributed by atoms with Gasteiger partial charge in [-0.2, -0.15) is 5.26 Å². The van der Waals surface area contributed by atoms with Crippen LogP contribution >= 0.6 is 0 Å². The number of nitriles is 1. The maximum Gasteiger partial charge on any atom is 0.208 e. The molecule has 0 radical (unpaired) electrons. The highest BCUT2D eigenvalue weighted by molar-refractivity contribution is 7.91. The smallest absolute Gasteiger partial charge is 0.208 e. The molecule has 0 aliphatic heterocycles. The van der Waals surface area contributed by atoms with Crippen molar-refractivity contribution in [2.45, 2.75) is 16.7 Å². The van der Waals surface area contributed by atoms with Gasteiger partial charge in [0.2, 0.25) is 9.84 Å². The fraction of sp³-hybridized carbons (Fsp3) is 0.133. The Labute approximate surface area is 118 Å². The largest absolute Gasteiger partial charge is 0.497 e. The topological polar surface area (TPSA) is 67.2 Å². The van der Waals surface area contributed by atoms with Gasteiger partial charge in [-0.15, -0.1) is 0 Å². The highest BCUT2D eigenvalue weighted by Gasteiger charge is 2.22. The van der Waals surface area contributed by atoms with E-state index < -0.39 is 9.84 Å². The third-order valence-corrected chi connectivity index (χ3v) is 4.78. The second kappa shape index (κ2) is 5.35. The minimum Gasteiger partial charge on any atom is -0.497 e. The Morgan fingerprint density at radius 3 is 2.50 bits per heavy atom. The van der Waals surface area contributed by atoms with Crippen LogP contribution < -0.4 is 4.74 Å². The van der Waals surface area contributed by atoms with Gasteiger partial charge in [-0.05, 0) is 36.8 Å². The molecular formula is C15H13NO3S. The van der Waals surface area contributed by atoms with Crippen molar-refractivity contribution >= 4 is 9.84 Å². The number of sulfone groups is 1. The number of rotatable bonds is 3. The Kier molecular flexibility index (Phi) is 3.77. The van der Waals surface area contributed by atoms with E-state index in [4.69, 9.17) is 4.74 Å². The summed E-state index contributed by atoms with van der Waals surface area (Å²) in [5.74, 6) is 0.456. The molecule has 4 nitrogen and oxygen atoms in total. The maximum absolute atomic E-state index is 12.6. The molecule has 2 aromatic carbocycles. The second-order valence-corrected chi connectivity index (χ2v) is 6.16. The zero-order valence-electron chi connectivity index (χ0n) is 11.1. The predicted molar refractivity (Wildman–Crippen MR) is 74.3 cm³/mol. The van der Waals surface area contributed by atoms with Gasteiger partial charge in [0.05, 0.1) is 22.5 Å². The van der Waals surface area contributed by atoms with E-state index in [1.807, 2.05) is 6.07 Å². The van der Waals surface area contributed by atoms with Crippen LogP contribution in [0.15, 0.2) is 52.3 Å². The van der Waals surface area contributed by atoms with Crippen LogP contribution in [0.25, 0.3) is 0 Å². The summed E-state index contributed by atoms with van der Waals surface area (Å²) in [6.07, 6.45) is 0. The molecule has 5 heteroatoms. The summed E-state index contributed by atoms with van der Waals surface area (Å²) in [6, 6.07) is 12.9. The van der Waals surface area contributed by atoms with Gasteiger partial charge in [0.25, 0.3) is 0 Å². The normalized spacial score (nSPS) is 10.8. The molecule has 0 atom stereocenters. The predicted octanol–water partition coefficient (Wildman–Crippen LogP) is 2.71. The number of ether oxygens (including phenoxy) is 1. The molecule has 2 rings (SSSR count). The summed E-state index contributed by atoms with van der Waals surface area (Å²) >= 11 is 0. The summed E-state index contributed by atoms with van der Waals surface area (Å²) in [6.45, 7) is 1.71. The third-order valence-electron chi connectivity index (χ3n) is 2.99. The van der Waals surface area contributed by atoms with E-state index in [1.165, 1.54) is 25.3 Å². The standard InChI is InChI=1S/C15H13NO3S/c1-11-5-3-8-15(14(11)10-16)20(17,18)13-7-4-6-12(9-13)19-2/h3-9H,1-2H3. The molecule has 0 saturated heterocycles. The molecule has 102 valence electrons. The van der Waals surface area contributed by atoms with Gasteiger partial charge in [-0.25, -0.2) is 8.42 Å². The van der Waals surface area contributed by atoms with Gasteiger partial charge in [-0.3, -0.25) is 0 Å². The van der Waals surface area contributed by atoms with Gasteiger partial charge in [-0.1, -0.05) is 18.2 Å². The molecular weight excluding hydrogens is 274 g/mol. The van der Waals surface area contributed by atoms with Crippen molar-refractivity contribution in [2.24, 2.45) is 0 Å². The summed E-state index contributed by atoms with van der Waals surface area (Å²) in [5.41, 5.74) is 0.812. The molecule has 0 bridgehead atoms. The molecule has 0 aliphatic carbocycles. The molecule has 0 unspecified atom stereocenters. The van der Waals surface area contributed by atoms with Crippen LogP contribution in [0.3, 0.4) is 0 Å². The van der Waals surface area contributed by atoms with E-state index in [-0.39, 0.29) is 15.4 Å². The maximum atomic E-state index is 12.6. The zero-order valence-corrected chi connectivity index (χ0v) is 11.9. The number of hydrogen-bond acceptors (Lipinski definition) is 4. The average molecular weight is 287 g/mol. The van der Waals surface area contributed by atoms with Crippen molar-refractivity contribution in [1.29, 1.82) is 5.26 Å². The van der Waals surface area contributed by atoms with Crippen molar-refractivity contribution in [3.63, 3.8) is 0 Å². The first-order chi connectivity index (χ1) is 9.50. The SMILES string of the molecule is COc1cccc(S(=O)(=O)c2cccc(C)c2C#N)c1. The van der Waals surface area contributed by atoms with E-state index in [0.29, 0.717) is 11.3 Å². The summed E-state index contributed by atoms with van der Waals surface area (Å²) < 4.78 is 30.3. The quantitative estimate of drug-likeness (QED) is 0.870. The lowest BCUT2D eigenvalue weighted by Crippen LogP contribution is -2.05. The summed E-state index contributed by atoms with van der Waals surface area (Å²) in [7, 11) is -2.27. The minimum absolute atomic E-state index is 0.0215. The number of benzene rings is 2. The van der Waals surface area contributed by atoms with Crippen LogP contribution in [0.2, 0.25) is 0 Å². The summed E-state index contributed by atoms with van der Waals surface area (Å²) in [5, 5.41) is 9.17. The monoisotopic (exact) mass is 287 g/mol. The molecule has 0 amide bonds. The Balaban J connectivity index is 2.68. The van der Waals surface area contributed by atoms with Crippen LogP contribution in [-0.2, 0) is 9.84 Å². The molecule has 0 aromatic heterocycles. The Bertz CT molecular complexity index is 789. The van der Waals surface area contributed by atoms with Gasteiger partial charge >= 0.3 is 0 Å². The fourth-order valence-corrected chi connectivity index (χ4v) is 3.42. The molecule has 0 saturated carbocycles. The van der Waals surface area contributed by atoms with E-state index in [1.54, 1.807) is 31.2 Å². The average Bonchev–Trinajstić information content (AvgIpc) is 2.47. The highest BCUT2D eigenvalue weighted by Crippen LogP contribution is 2.27. The first kappa shape index (κ1) is 14.1. The van der Waals surface area contributed by atoms with E-state index in [9.17, 15) is 13.7 Å². The first-order valence-electron chi connectivity index (χ1n) is 5.89. The van der Waals surface area contributed by atoms with E-state index in [0.717, 1.165) is 0 Å². The van der Waals surface area contributed by atoms with E-state index >= 15 is 0 Å². The molecule has 0 spiro atoms. The molecule has 20 heavy (non-hydrogen) atoms. The number of aryl methyl sites for hydroxylation is 1. The Morgan fingerprint density at radius 1 is 1.15 bits per heavy atom. The molecule has 0 aliphatic rings. The van der Waals surface area contributed by atoms with Crippen LogP contribution in [0, 0.1) is 18.3 Å². The highest BCUT2D eigenvalue weighted by atomic mass is 32.2. The summed E-state index contributed by atoms with van der Waals surface area (Å²) in [4.78, 5) is 0.132. The van der Waals surface area contributed by atoms with Gasteiger partial charge < -0.3 is 4.74 Å². The lowest BCUT2D eigenvalue weighted by Gasteiger charge is -2.09. The van der Waals surface area contributed by atoms with Crippen LogP contribution in [0.5, 0.6) is 5.75 Å². The van der Waals surface area contributed by atoms with E-state index in [2.05, 4.69) is 0 Å².